The van der Waals surface area contributed by atoms with E-state index in [1.807, 2.05) is 18.2 Å². The average molecular weight is 378 g/mol. The SMILES string of the molecule is Cc1cc(C)cc(NC(=O)CCN2CCN(C/C=C/c3ccccc3)CC2)c1. The van der Waals surface area contributed by atoms with E-state index in [2.05, 4.69) is 71.4 Å². The van der Waals surface area contributed by atoms with E-state index in [0.29, 0.717) is 6.42 Å². The second-order valence-corrected chi connectivity index (χ2v) is 7.63. The number of carbonyl (C=O) groups is 1. The fraction of sp³-hybridized carbons (Fsp3) is 0.375. The Morgan fingerprint density at radius 3 is 2.29 bits per heavy atom. The van der Waals surface area contributed by atoms with Crippen molar-refractivity contribution >= 4 is 17.7 Å². The summed E-state index contributed by atoms with van der Waals surface area (Å²) in [6, 6.07) is 16.6. The highest BCUT2D eigenvalue weighted by atomic mass is 16.1. The summed E-state index contributed by atoms with van der Waals surface area (Å²) in [4.78, 5) is 17.1. The zero-order valence-corrected chi connectivity index (χ0v) is 17.0. The third-order valence-corrected chi connectivity index (χ3v) is 5.10. The maximum absolute atomic E-state index is 12.3. The van der Waals surface area contributed by atoms with Gasteiger partial charge in [0.25, 0.3) is 0 Å². The standard InChI is InChI=1S/C24H31N3O/c1-20-17-21(2)19-23(18-20)25-24(28)10-12-27-15-13-26(14-16-27)11-6-9-22-7-4-3-5-8-22/h3-9,17-19H,10-16H2,1-2H3,(H,25,28)/b9-6+. The minimum atomic E-state index is 0.0956. The van der Waals surface area contributed by atoms with Gasteiger partial charge in [0.1, 0.15) is 0 Å². The molecule has 0 aliphatic carbocycles. The molecule has 0 atom stereocenters. The van der Waals surface area contributed by atoms with Crippen LogP contribution in [0.1, 0.15) is 23.1 Å². The molecule has 0 bridgehead atoms. The van der Waals surface area contributed by atoms with Gasteiger partial charge in [-0.25, -0.2) is 0 Å². The van der Waals surface area contributed by atoms with Crippen molar-refractivity contribution < 1.29 is 4.79 Å². The maximum atomic E-state index is 12.3. The molecule has 2 aromatic rings. The molecule has 148 valence electrons. The lowest BCUT2D eigenvalue weighted by molar-refractivity contribution is -0.116. The van der Waals surface area contributed by atoms with Gasteiger partial charge in [-0.2, -0.15) is 0 Å². The number of nitrogens with zero attached hydrogens (tertiary/aromatic N) is 2. The molecule has 0 saturated carbocycles. The van der Waals surface area contributed by atoms with Crippen molar-refractivity contribution in [3.63, 3.8) is 0 Å². The molecule has 1 N–H and O–H groups in total. The molecule has 1 amide bonds. The number of rotatable bonds is 7. The largest absolute Gasteiger partial charge is 0.326 e. The number of piperazine rings is 1. The first-order chi connectivity index (χ1) is 13.6. The topological polar surface area (TPSA) is 35.6 Å². The number of carbonyl (C=O) groups excluding carboxylic acids is 1. The molecule has 1 heterocycles. The Kier molecular flexibility index (Phi) is 7.40. The van der Waals surface area contributed by atoms with E-state index < -0.39 is 0 Å². The molecule has 1 aliphatic rings. The summed E-state index contributed by atoms with van der Waals surface area (Å²) >= 11 is 0. The molecule has 1 saturated heterocycles. The third-order valence-electron chi connectivity index (χ3n) is 5.10. The Hall–Kier alpha value is -2.43. The number of amides is 1. The first-order valence-electron chi connectivity index (χ1n) is 10.1. The predicted octanol–water partition coefficient (Wildman–Crippen LogP) is 3.96. The molecule has 0 radical (unpaired) electrons. The molecule has 0 spiro atoms. The van der Waals surface area contributed by atoms with Gasteiger partial charge in [0.05, 0.1) is 0 Å². The lowest BCUT2D eigenvalue weighted by atomic mass is 10.1. The first kappa shape index (κ1) is 20.3. The van der Waals surface area contributed by atoms with Gasteiger partial charge >= 0.3 is 0 Å². The molecular formula is C24H31N3O. The van der Waals surface area contributed by atoms with Gasteiger partial charge in [-0.15, -0.1) is 0 Å². The van der Waals surface area contributed by atoms with E-state index in [0.717, 1.165) is 45.0 Å². The smallest absolute Gasteiger partial charge is 0.225 e. The van der Waals surface area contributed by atoms with Crippen LogP contribution in [0, 0.1) is 13.8 Å². The van der Waals surface area contributed by atoms with E-state index >= 15 is 0 Å². The second-order valence-electron chi connectivity index (χ2n) is 7.63. The Morgan fingerprint density at radius 2 is 1.61 bits per heavy atom. The molecule has 3 rings (SSSR count). The third kappa shape index (κ3) is 6.63. The van der Waals surface area contributed by atoms with Crippen molar-refractivity contribution in [2.75, 3.05) is 44.6 Å². The summed E-state index contributed by atoms with van der Waals surface area (Å²) in [5.74, 6) is 0.0956. The zero-order chi connectivity index (χ0) is 19.8. The number of benzene rings is 2. The molecule has 1 fully saturated rings. The van der Waals surface area contributed by atoms with Gasteiger partial charge < -0.3 is 10.2 Å². The molecule has 4 nitrogen and oxygen atoms in total. The quantitative estimate of drug-likeness (QED) is 0.793. The molecule has 0 unspecified atom stereocenters. The maximum Gasteiger partial charge on any atom is 0.225 e. The Labute approximate surface area is 168 Å². The fourth-order valence-electron chi connectivity index (χ4n) is 3.63. The summed E-state index contributed by atoms with van der Waals surface area (Å²) in [5.41, 5.74) is 4.49. The monoisotopic (exact) mass is 377 g/mol. The Balaban J connectivity index is 1.35. The van der Waals surface area contributed by atoms with Crippen molar-refractivity contribution in [1.29, 1.82) is 0 Å². The van der Waals surface area contributed by atoms with E-state index in [1.165, 1.54) is 16.7 Å². The highest BCUT2D eigenvalue weighted by molar-refractivity contribution is 5.91. The molecular weight excluding hydrogens is 346 g/mol. The number of aryl methyl sites for hydroxylation is 2. The van der Waals surface area contributed by atoms with Crippen LogP contribution in [-0.2, 0) is 4.79 Å². The van der Waals surface area contributed by atoms with Gasteiger partial charge in [0.2, 0.25) is 5.91 Å². The van der Waals surface area contributed by atoms with E-state index in [9.17, 15) is 4.79 Å². The van der Waals surface area contributed by atoms with E-state index in [-0.39, 0.29) is 5.91 Å². The molecule has 28 heavy (non-hydrogen) atoms. The van der Waals surface area contributed by atoms with Crippen LogP contribution in [0.15, 0.2) is 54.6 Å². The van der Waals surface area contributed by atoms with Gasteiger partial charge in [-0.05, 0) is 42.7 Å². The summed E-state index contributed by atoms with van der Waals surface area (Å²) < 4.78 is 0. The number of hydrogen-bond acceptors (Lipinski definition) is 3. The van der Waals surface area contributed by atoms with Gasteiger partial charge in [0.15, 0.2) is 0 Å². The predicted molar refractivity (Wildman–Crippen MR) is 118 cm³/mol. The van der Waals surface area contributed by atoms with Crippen molar-refractivity contribution in [1.82, 2.24) is 9.80 Å². The van der Waals surface area contributed by atoms with Crippen LogP contribution in [0.3, 0.4) is 0 Å². The normalized spacial score (nSPS) is 15.8. The van der Waals surface area contributed by atoms with Gasteiger partial charge in [-0.3, -0.25) is 9.69 Å². The van der Waals surface area contributed by atoms with Crippen molar-refractivity contribution in [3.05, 3.63) is 71.3 Å². The summed E-state index contributed by atoms with van der Waals surface area (Å²) in [7, 11) is 0. The van der Waals surface area contributed by atoms with Crippen LogP contribution in [0.2, 0.25) is 0 Å². The van der Waals surface area contributed by atoms with Crippen LogP contribution in [0.25, 0.3) is 6.08 Å². The first-order valence-corrected chi connectivity index (χ1v) is 10.1. The minimum absolute atomic E-state index is 0.0956. The second kappa shape index (κ2) is 10.2. The summed E-state index contributed by atoms with van der Waals surface area (Å²) in [5, 5.41) is 3.03. The molecule has 1 aliphatic heterocycles. The lowest BCUT2D eigenvalue weighted by Gasteiger charge is -2.34. The Morgan fingerprint density at radius 1 is 0.964 bits per heavy atom. The van der Waals surface area contributed by atoms with Crippen molar-refractivity contribution in [3.8, 4) is 0 Å². The number of anilines is 1. The van der Waals surface area contributed by atoms with Crippen LogP contribution in [-0.4, -0.2) is 55.0 Å². The number of hydrogen-bond donors (Lipinski definition) is 1. The van der Waals surface area contributed by atoms with Crippen molar-refractivity contribution in [2.24, 2.45) is 0 Å². The highest BCUT2D eigenvalue weighted by Gasteiger charge is 2.16. The van der Waals surface area contributed by atoms with Crippen LogP contribution in [0.5, 0.6) is 0 Å². The van der Waals surface area contributed by atoms with Crippen LogP contribution >= 0.6 is 0 Å². The lowest BCUT2D eigenvalue weighted by Crippen LogP contribution is -2.46. The fourth-order valence-corrected chi connectivity index (χ4v) is 3.63. The van der Waals surface area contributed by atoms with Crippen LogP contribution < -0.4 is 5.32 Å². The summed E-state index contributed by atoms with van der Waals surface area (Å²) in [6.45, 7) is 10.1. The Bertz CT molecular complexity index is 773. The minimum Gasteiger partial charge on any atom is -0.326 e. The average Bonchev–Trinajstić information content (AvgIpc) is 2.67. The van der Waals surface area contributed by atoms with E-state index in [4.69, 9.17) is 0 Å². The van der Waals surface area contributed by atoms with Crippen molar-refractivity contribution in [2.45, 2.75) is 20.3 Å². The number of nitrogens with one attached hydrogen (secondary N) is 1. The molecule has 2 aromatic carbocycles. The van der Waals surface area contributed by atoms with Crippen LogP contribution in [0.4, 0.5) is 5.69 Å². The summed E-state index contributed by atoms with van der Waals surface area (Å²) in [6.07, 6.45) is 4.97. The van der Waals surface area contributed by atoms with E-state index in [1.54, 1.807) is 0 Å². The molecule has 4 heteroatoms. The highest BCUT2D eigenvalue weighted by Crippen LogP contribution is 2.14. The van der Waals surface area contributed by atoms with Gasteiger partial charge in [0, 0.05) is 51.4 Å². The van der Waals surface area contributed by atoms with Gasteiger partial charge in [-0.1, -0.05) is 48.6 Å². The molecule has 0 aromatic heterocycles. The zero-order valence-electron chi connectivity index (χ0n) is 17.0.